The summed E-state index contributed by atoms with van der Waals surface area (Å²) in [6.45, 7) is 5.71. The first-order valence-electron chi connectivity index (χ1n) is 9.05. The van der Waals surface area contributed by atoms with Crippen molar-refractivity contribution in [1.29, 1.82) is 0 Å². The van der Waals surface area contributed by atoms with Crippen molar-refractivity contribution in [2.75, 3.05) is 5.32 Å². The van der Waals surface area contributed by atoms with Crippen molar-refractivity contribution < 1.29 is 16.8 Å². The lowest BCUT2D eigenvalue weighted by Crippen LogP contribution is -2.15. The molecular formula is C20H22N2O4S3. The second kappa shape index (κ2) is 8.25. The quantitative estimate of drug-likeness (QED) is 0.576. The average Bonchev–Trinajstić information content (AvgIpc) is 3.14. The minimum atomic E-state index is -3.99. The molecule has 2 aromatic carbocycles. The number of rotatable bonds is 7. The monoisotopic (exact) mass is 450 g/mol. The van der Waals surface area contributed by atoms with Crippen molar-refractivity contribution in [3.05, 3.63) is 60.2 Å². The molecular weight excluding hydrogens is 428 g/mol. The fourth-order valence-electron chi connectivity index (χ4n) is 2.53. The van der Waals surface area contributed by atoms with E-state index in [1.54, 1.807) is 30.3 Å². The molecule has 0 aliphatic carbocycles. The first kappa shape index (κ1) is 21.5. The van der Waals surface area contributed by atoms with Crippen LogP contribution in [0.3, 0.4) is 0 Å². The summed E-state index contributed by atoms with van der Waals surface area (Å²) in [5.74, 6) is 0. The Morgan fingerprint density at radius 1 is 0.931 bits per heavy atom. The normalized spacial score (nSPS) is 13.2. The van der Waals surface area contributed by atoms with Gasteiger partial charge < -0.3 is 5.32 Å². The van der Waals surface area contributed by atoms with E-state index in [0.29, 0.717) is 0 Å². The predicted molar refractivity (Wildman–Crippen MR) is 114 cm³/mol. The lowest BCUT2D eigenvalue weighted by atomic mass is 10.2. The zero-order chi connectivity index (χ0) is 21.2. The second-order valence-electron chi connectivity index (χ2n) is 6.70. The van der Waals surface area contributed by atoms with Crippen LogP contribution in [0.15, 0.2) is 73.8 Å². The van der Waals surface area contributed by atoms with E-state index < -0.39 is 19.7 Å². The summed E-state index contributed by atoms with van der Waals surface area (Å²) in [5, 5.41) is 3.07. The number of nitrogens with one attached hydrogen (secondary N) is 1. The topological polar surface area (TPSA) is 93.2 Å². The van der Waals surface area contributed by atoms with Gasteiger partial charge in [-0.15, -0.1) is 0 Å². The number of hydrogen-bond acceptors (Lipinski definition) is 7. The number of anilines is 1. The number of aryl methyl sites for hydroxylation is 1. The number of nitrogens with zero attached hydrogens (tertiary/aromatic N) is 1. The number of thiazole rings is 1. The largest absolute Gasteiger partial charge is 0.372 e. The Balaban J connectivity index is 2.17. The standard InChI is InChI=1S/C20H22N2O4S3/c1-4-15(3)21-18-19(28(23,24)17-12-10-14(2)11-13-17)22-20(27-18)29(25,26)16-8-6-5-7-9-16/h5-13,15,21H,4H2,1-3H3/t15-/m0/s1. The van der Waals surface area contributed by atoms with Crippen LogP contribution in [-0.2, 0) is 19.7 Å². The van der Waals surface area contributed by atoms with Crippen LogP contribution in [0.1, 0.15) is 25.8 Å². The second-order valence-corrected chi connectivity index (χ2v) is 11.7. The van der Waals surface area contributed by atoms with Crippen molar-refractivity contribution in [2.45, 2.75) is 52.4 Å². The molecule has 3 aromatic rings. The Bertz CT molecular complexity index is 1200. The molecule has 0 amide bonds. The molecule has 0 bridgehead atoms. The maximum atomic E-state index is 13.2. The molecule has 9 heteroatoms. The summed E-state index contributed by atoms with van der Waals surface area (Å²) < 4.78 is 52.2. The highest BCUT2D eigenvalue weighted by Crippen LogP contribution is 2.37. The third-order valence-electron chi connectivity index (χ3n) is 4.44. The van der Waals surface area contributed by atoms with Gasteiger partial charge in [-0.25, -0.2) is 21.8 Å². The predicted octanol–water partition coefficient (Wildman–Crippen LogP) is 4.33. The molecule has 0 aliphatic rings. The van der Waals surface area contributed by atoms with E-state index in [2.05, 4.69) is 10.3 Å². The van der Waals surface area contributed by atoms with Gasteiger partial charge in [0.05, 0.1) is 9.79 Å². The van der Waals surface area contributed by atoms with Gasteiger partial charge in [0.15, 0.2) is 5.03 Å². The number of benzene rings is 2. The first-order chi connectivity index (χ1) is 13.7. The Morgan fingerprint density at radius 3 is 2.10 bits per heavy atom. The Morgan fingerprint density at radius 2 is 1.52 bits per heavy atom. The van der Waals surface area contributed by atoms with Gasteiger partial charge in [0.25, 0.3) is 0 Å². The lowest BCUT2D eigenvalue weighted by Gasteiger charge is -2.12. The highest BCUT2D eigenvalue weighted by molar-refractivity contribution is 7.94. The zero-order valence-corrected chi connectivity index (χ0v) is 18.7. The lowest BCUT2D eigenvalue weighted by molar-refractivity contribution is 0.589. The summed E-state index contributed by atoms with van der Waals surface area (Å²) >= 11 is 0.840. The first-order valence-corrected chi connectivity index (χ1v) is 12.8. The molecule has 0 aliphatic heterocycles. The zero-order valence-electron chi connectivity index (χ0n) is 16.3. The van der Waals surface area contributed by atoms with E-state index in [4.69, 9.17) is 0 Å². The van der Waals surface area contributed by atoms with E-state index in [-0.39, 0.29) is 30.2 Å². The third-order valence-corrected chi connectivity index (χ3v) is 9.40. The van der Waals surface area contributed by atoms with Gasteiger partial charge in [0.2, 0.25) is 24.0 Å². The van der Waals surface area contributed by atoms with Gasteiger partial charge in [0, 0.05) is 6.04 Å². The van der Waals surface area contributed by atoms with Crippen LogP contribution in [0, 0.1) is 6.92 Å². The van der Waals surface area contributed by atoms with E-state index in [9.17, 15) is 16.8 Å². The molecule has 0 spiro atoms. The van der Waals surface area contributed by atoms with E-state index in [1.807, 2.05) is 20.8 Å². The van der Waals surface area contributed by atoms with Gasteiger partial charge in [-0.3, -0.25) is 0 Å². The van der Waals surface area contributed by atoms with Crippen LogP contribution in [0.4, 0.5) is 5.00 Å². The molecule has 154 valence electrons. The van der Waals surface area contributed by atoms with Gasteiger partial charge in [0.1, 0.15) is 5.00 Å². The molecule has 0 saturated heterocycles. The van der Waals surface area contributed by atoms with Gasteiger partial charge >= 0.3 is 0 Å². The number of sulfone groups is 2. The van der Waals surface area contributed by atoms with E-state index in [1.165, 1.54) is 24.3 Å². The summed E-state index contributed by atoms with van der Waals surface area (Å²) in [7, 11) is -7.92. The molecule has 0 radical (unpaired) electrons. The summed E-state index contributed by atoms with van der Waals surface area (Å²) in [4.78, 5) is 4.24. The average molecular weight is 451 g/mol. The van der Waals surface area contributed by atoms with E-state index >= 15 is 0 Å². The Kier molecular flexibility index (Phi) is 6.11. The van der Waals surface area contributed by atoms with Gasteiger partial charge in [-0.2, -0.15) is 0 Å². The van der Waals surface area contributed by atoms with Crippen molar-refractivity contribution in [1.82, 2.24) is 4.98 Å². The smallest absolute Gasteiger partial charge is 0.233 e. The maximum Gasteiger partial charge on any atom is 0.233 e. The Labute approximate surface area is 175 Å². The highest BCUT2D eigenvalue weighted by Gasteiger charge is 2.31. The molecule has 0 fully saturated rings. The van der Waals surface area contributed by atoms with Crippen molar-refractivity contribution in [2.24, 2.45) is 0 Å². The SMILES string of the molecule is CC[C@H](C)Nc1sc(S(=O)(=O)c2ccccc2)nc1S(=O)(=O)c1ccc(C)cc1. The van der Waals surface area contributed by atoms with E-state index in [0.717, 1.165) is 23.3 Å². The minimum absolute atomic E-state index is 0.0466. The molecule has 0 saturated carbocycles. The fourth-order valence-corrected chi connectivity index (χ4v) is 6.94. The molecule has 29 heavy (non-hydrogen) atoms. The fraction of sp³-hybridized carbons (Fsp3) is 0.250. The highest BCUT2D eigenvalue weighted by atomic mass is 32.2. The van der Waals surface area contributed by atoms with Crippen LogP contribution in [0.2, 0.25) is 0 Å². The van der Waals surface area contributed by atoms with Crippen LogP contribution < -0.4 is 5.32 Å². The maximum absolute atomic E-state index is 13.2. The molecule has 1 N–H and O–H groups in total. The molecule has 1 aromatic heterocycles. The molecule has 3 rings (SSSR count). The number of aromatic nitrogens is 1. The number of hydrogen-bond donors (Lipinski definition) is 1. The van der Waals surface area contributed by atoms with Crippen molar-refractivity contribution >= 4 is 36.0 Å². The van der Waals surface area contributed by atoms with Crippen LogP contribution in [0.5, 0.6) is 0 Å². The molecule has 1 heterocycles. The Hall–Kier alpha value is -2.23. The molecule has 1 atom stereocenters. The van der Waals surface area contributed by atoms with Crippen LogP contribution in [0.25, 0.3) is 0 Å². The summed E-state index contributed by atoms with van der Waals surface area (Å²) in [6, 6.07) is 14.2. The van der Waals surface area contributed by atoms with Gasteiger partial charge in [-0.1, -0.05) is 54.2 Å². The van der Waals surface area contributed by atoms with Gasteiger partial charge in [-0.05, 0) is 44.5 Å². The third kappa shape index (κ3) is 4.36. The van der Waals surface area contributed by atoms with Crippen LogP contribution >= 0.6 is 11.3 Å². The minimum Gasteiger partial charge on any atom is -0.372 e. The summed E-state index contributed by atoms with van der Waals surface area (Å²) in [6.07, 6.45) is 0.739. The van der Waals surface area contributed by atoms with Crippen molar-refractivity contribution in [3.8, 4) is 0 Å². The summed E-state index contributed by atoms with van der Waals surface area (Å²) in [5.41, 5.74) is 0.924. The molecule has 0 unspecified atom stereocenters. The molecule has 6 nitrogen and oxygen atoms in total. The van der Waals surface area contributed by atoms with Crippen LogP contribution in [-0.4, -0.2) is 27.9 Å². The van der Waals surface area contributed by atoms with Crippen molar-refractivity contribution in [3.63, 3.8) is 0 Å².